The normalized spacial score (nSPS) is 16.5. The summed E-state index contributed by atoms with van der Waals surface area (Å²) in [6, 6.07) is 9.85. The van der Waals surface area contributed by atoms with Crippen LogP contribution in [0.5, 0.6) is 5.88 Å². The molecule has 0 N–H and O–H groups in total. The molecule has 25 heavy (non-hydrogen) atoms. The Morgan fingerprint density at radius 1 is 1.28 bits per heavy atom. The number of hydrogen-bond acceptors (Lipinski definition) is 5. The van der Waals surface area contributed by atoms with Gasteiger partial charge in [-0.05, 0) is 53.9 Å². The van der Waals surface area contributed by atoms with Crippen LogP contribution in [0, 0.1) is 0 Å². The number of carbonyl (C=O) groups is 1. The van der Waals surface area contributed by atoms with Gasteiger partial charge in [0.25, 0.3) is 5.91 Å². The summed E-state index contributed by atoms with van der Waals surface area (Å²) in [5.41, 5.74) is 1.78. The average molecular weight is 370 g/mol. The van der Waals surface area contributed by atoms with Gasteiger partial charge in [0, 0.05) is 22.5 Å². The van der Waals surface area contributed by atoms with E-state index in [0.29, 0.717) is 24.6 Å². The fraction of sp³-hybridized carbons (Fsp3) is 0.263. The van der Waals surface area contributed by atoms with Crippen molar-refractivity contribution in [2.45, 2.75) is 19.4 Å². The molecule has 0 radical (unpaired) electrons. The van der Waals surface area contributed by atoms with Crippen molar-refractivity contribution >= 4 is 28.6 Å². The highest BCUT2D eigenvalue weighted by Crippen LogP contribution is 2.40. The highest BCUT2D eigenvalue weighted by molar-refractivity contribution is 7.10. The Bertz CT molecular complexity index is 873. The van der Waals surface area contributed by atoms with Gasteiger partial charge in [-0.15, -0.1) is 22.7 Å². The van der Waals surface area contributed by atoms with Crippen molar-refractivity contribution in [2.24, 2.45) is 0 Å². The summed E-state index contributed by atoms with van der Waals surface area (Å²) in [5, 5.41) is 4.18. The van der Waals surface area contributed by atoms with E-state index < -0.39 is 0 Å². The summed E-state index contributed by atoms with van der Waals surface area (Å²) < 4.78 is 5.58. The molecule has 0 aliphatic carbocycles. The predicted octanol–water partition coefficient (Wildman–Crippen LogP) is 4.39. The standard InChI is InChI=1S/C19H18N2O2S2/c1-2-23-18-14(5-3-9-20-18)19(22)21-10-7-15-13(8-12-25-15)17(21)16-6-4-11-24-16/h3-6,8-9,11-12,17H,2,7,10H2,1H3/t17-/m1/s1. The number of thiophene rings is 2. The molecule has 0 saturated carbocycles. The molecule has 3 aromatic heterocycles. The Morgan fingerprint density at radius 2 is 2.20 bits per heavy atom. The number of carbonyl (C=O) groups excluding carboxylic acids is 1. The van der Waals surface area contributed by atoms with Crippen LogP contribution >= 0.6 is 22.7 Å². The first-order valence-electron chi connectivity index (χ1n) is 8.28. The van der Waals surface area contributed by atoms with Crippen molar-refractivity contribution in [3.8, 4) is 5.88 Å². The number of pyridine rings is 1. The highest BCUT2D eigenvalue weighted by atomic mass is 32.1. The molecule has 1 aliphatic heterocycles. The Morgan fingerprint density at radius 3 is 3.00 bits per heavy atom. The van der Waals surface area contributed by atoms with Gasteiger partial charge in [-0.2, -0.15) is 0 Å². The van der Waals surface area contributed by atoms with Crippen molar-refractivity contribution in [2.75, 3.05) is 13.2 Å². The smallest absolute Gasteiger partial charge is 0.260 e. The van der Waals surface area contributed by atoms with E-state index in [1.807, 2.05) is 17.9 Å². The number of rotatable bonds is 4. The van der Waals surface area contributed by atoms with Gasteiger partial charge in [-0.25, -0.2) is 4.98 Å². The summed E-state index contributed by atoms with van der Waals surface area (Å²) in [5.74, 6) is 0.392. The van der Waals surface area contributed by atoms with Gasteiger partial charge < -0.3 is 9.64 Å². The number of aromatic nitrogens is 1. The largest absolute Gasteiger partial charge is 0.477 e. The molecule has 1 atom stereocenters. The molecule has 4 heterocycles. The van der Waals surface area contributed by atoms with Crippen LogP contribution in [0.3, 0.4) is 0 Å². The van der Waals surface area contributed by atoms with Crippen LogP contribution in [0.15, 0.2) is 47.3 Å². The van der Waals surface area contributed by atoms with E-state index in [9.17, 15) is 4.79 Å². The van der Waals surface area contributed by atoms with Crippen LogP contribution in [0.4, 0.5) is 0 Å². The molecule has 1 aliphatic rings. The molecule has 128 valence electrons. The van der Waals surface area contributed by atoms with Crippen LogP contribution in [0.2, 0.25) is 0 Å². The third-order valence-electron chi connectivity index (χ3n) is 4.32. The fourth-order valence-corrected chi connectivity index (χ4v) is 5.01. The molecule has 6 heteroatoms. The van der Waals surface area contributed by atoms with Crippen molar-refractivity contribution in [1.82, 2.24) is 9.88 Å². The number of amides is 1. The minimum atomic E-state index is -0.0304. The van der Waals surface area contributed by atoms with Crippen molar-refractivity contribution < 1.29 is 9.53 Å². The van der Waals surface area contributed by atoms with E-state index in [4.69, 9.17) is 4.74 Å². The number of hydrogen-bond donors (Lipinski definition) is 0. The molecule has 4 rings (SSSR count). The number of nitrogens with zero attached hydrogens (tertiary/aromatic N) is 2. The summed E-state index contributed by atoms with van der Waals surface area (Å²) in [4.78, 5) is 22.1. The van der Waals surface area contributed by atoms with Crippen molar-refractivity contribution in [3.05, 3.63) is 68.2 Å². The zero-order valence-corrected chi connectivity index (χ0v) is 15.5. The Balaban J connectivity index is 1.75. The number of fused-ring (bicyclic) bond motifs is 1. The van der Waals surface area contributed by atoms with E-state index in [-0.39, 0.29) is 11.9 Å². The van der Waals surface area contributed by atoms with Crippen molar-refractivity contribution in [3.63, 3.8) is 0 Å². The lowest BCUT2D eigenvalue weighted by Crippen LogP contribution is -2.40. The van der Waals surface area contributed by atoms with Crippen LogP contribution < -0.4 is 4.74 Å². The lowest BCUT2D eigenvalue weighted by atomic mass is 9.97. The first-order valence-corrected chi connectivity index (χ1v) is 10.0. The second-order valence-electron chi connectivity index (χ2n) is 5.75. The Labute approximate surface area is 154 Å². The topological polar surface area (TPSA) is 42.4 Å². The van der Waals surface area contributed by atoms with E-state index in [1.54, 1.807) is 41.0 Å². The summed E-state index contributed by atoms with van der Waals surface area (Å²) in [6.07, 6.45) is 2.55. The van der Waals surface area contributed by atoms with Crippen molar-refractivity contribution in [1.29, 1.82) is 0 Å². The van der Waals surface area contributed by atoms with Gasteiger partial charge in [0.15, 0.2) is 0 Å². The fourth-order valence-electron chi connectivity index (χ4n) is 3.25. The van der Waals surface area contributed by atoms with Gasteiger partial charge in [0.1, 0.15) is 5.56 Å². The molecule has 0 bridgehead atoms. The van der Waals surface area contributed by atoms with Gasteiger partial charge in [-0.3, -0.25) is 4.79 Å². The zero-order chi connectivity index (χ0) is 17.2. The Kier molecular flexibility index (Phi) is 4.55. The number of ether oxygens (including phenoxy) is 1. The molecule has 0 aromatic carbocycles. The van der Waals surface area contributed by atoms with Gasteiger partial charge in [0.05, 0.1) is 12.6 Å². The molecular weight excluding hydrogens is 352 g/mol. The Hall–Kier alpha value is -2.18. The minimum absolute atomic E-state index is 0.0215. The van der Waals surface area contributed by atoms with E-state index in [0.717, 1.165) is 6.42 Å². The van der Waals surface area contributed by atoms with Crippen LogP contribution in [0.25, 0.3) is 0 Å². The first-order chi connectivity index (χ1) is 12.3. The summed E-state index contributed by atoms with van der Waals surface area (Å²) >= 11 is 3.47. The van der Waals surface area contributed by atoms with Gasteiger partial charge in [-0.1, -0.05) is 6.07 Å². The van der Waals surface area contributed by atoms with Gasteiger partial charge >= 0.3 is 0 Å². The average Bonchev–Trinajstić information content (AvgIpc) is 3.32. The van der Waals surface area contributed by atoms with Gasteiger partial charge in [0.2, 0.25) is 5.88 Å². The second kappa shape index (κ2) is 6.98. The third kappa shape index (κ3) is 2.96. The third-order valence-corrected chi connectivity index (χ3v) is 6.24. The zero-order valence-electron chi connectivity index (χ0n) is 13.8. The first kappa shape index (κ1) is 16.3. The summed E-state index contributed by atoms with van der Waals surface area (Å²) in [7, 11) is 0. The van der Waals surface area contributed by atoms with Crippen LogP contribution in [-0.2, 0) is 6.42 Å². The molecule has 1 amide bonds. The van der Waals surface area contributed by atoms with E-state index in [2.05, 4.69) is 27.9 Å². The molecular formula is C19H18N2O2S2. The van der Waals surface area contributed by atoms with E-state index in [1.165, 1.54) is 15.3 Å². The molecule has 0 spiro atoms. The predicted molar refractivity (Wildman–Crippen MR) is 101 cm³/mol. The molecule has 0 saturated heterocycles. The van der Waals surface area contributed by atoms with E-state index >= 15 is 0 Å². The minimum Gasteiger partial charge on any atom is -0.477 e. The lowest BCUT2D eigenvalue weighted by Gasteiger charge is -2.35. The monoisotopic (exact) mass is 370 g/mol. The lowest BCUT2D eigenvalue weighted by molar-refractivity contribution is 0.0693. The van der Waals surface area contributed by atoms with Crippen LogP contribution in [0.1, 0.15) is 38.6 Å². The van der Waals surface area contributed by atoms with Crippen LogP contribution in [-0.4, -0.2) is 28.9 Å². The maximum absolute atomic E-state index is 13.3. The SMILES string of the molecule is CCOc1ncccc1C(=O)N1CCc2sccc2[C@@H]1c1cccs1. The molecule has 3 aromatic rings. The summed E-state index contributed by atoms with van der Waals surface area (Å²) in [6.45, 7) is 3.09. The molecule has 4 nitrogen and oxygen atoms in total. The maximum atomic E-state index is 13.3. The quantitative estimate of drug-likeness (QED) is 0.684. The maximum Gasteiger partial charge on any atom is 0.260 e. The second-order valence-corrected chi connectivity index (χ2v) is 7.73. The highest BCUT2D eigenvalue weighted by Gasteiger charge is 2.35. The molecule has 0 unspecified atom stereocenters. The molecule has 0 fully saturated rings.